The number of nitriles is 1. The van der Waals surface area contributed by atoms with Crippen LogP contribution in [0.15, 0.2) is 18.6 Å². The van der Waals surface area contributed by atoms with E-state index in [1.165, 1.54) is 0 Å². The van der Waals surface area contributed by atoms with Crippen molar-refractivity contribution in [2.24, 2.45) is 7.05 Å². The number of hydrogen-bond donors (Lipinski definition) is 0. The molecular formula is C8H9N3. The summed E-state index contributed by atoms with van der Waals surface area (Å²) in [7, 11) is 1.91. The molecule has 0 fully saturated rings. The van der Waals surface area contributed by atoms with Gasteiger partial charge in [-0.25, -0.2) is 4.98 Å². The molecule has 0 radical (unpaired) electrons. The van der Waals surface area contributed by atoms with Crippen LogP contribution in [0.4, 0.5) is 0 Å². The van der Waals surface area contributed by atoms with Crippen LogP contribution < -0.4 is 0 Å². The fourth-order valence-electron chi connectivity index (χ4n) is 0.751. The molecule has 3 heteroatoms. The number of imidazole rings is 1. The zero-order valence-electron chi connectivity index (χ0n) is 6.36. The van der Waals surface area contributed by atoms with Gasteiger partial charge in [0.2, 0.25) is 0 Å². The SMILES string of the molecule is Cn1cnc(C=CCC#N)c1. The first kappa shape index (κ1) is 7.55. The van der Waals surface area contributed by atoms with Crippen molar-refractivity contribution in [3.8, 4) is 6.07 Å². The van der Waals surface area contributed by atoms with E-state index < -0.39 is 0 Å². The van der Waals surface area contributed by atoms with Crippen LogP contribution in [0.1, 0.15) is 12.1 Å². The minimum Gasteiger partial charge on any atom is -0.340 e. The van der Waals surface area contributed by atoms with Crippen molar-refractivity contribution in [3.63, 3.8) is 0 Å². The van der Waals surface area contributed by atoms with Gasteiger partial charge in [-0.3, -0.25) is 0 Å². The van der Waals surface area contributed by atoms with Gasteiger partial charge >= 0.3 is 0 Å². The Morgan fingerprint density at radius 3 is 3.18 bits per heavy atom. The highest BCUT2D eigenvalue weighted by Crippen LogP contribution is 1.97. The van der Waals surface area contributed by atoms with Crippen LogP contribution >= 0.6 is 0 Å². The predicted molar refractivity (Wildman–Crippen MR) is 42.5 cm³/mol. The van der Waals surface area contributed by atoms with Crippen molar-refractivity contribution in [2.45, 2.75) is 6.42 Å². The van der Waals surface area contributed by atoms with Crippen LogP contribution in [0.25, 0.3) is 6.08 Å². The Morgan fingerprint density at radius 1 is 1.82 bits per heavy atom. The lowest BCUT2D eigenvalue weighted by atomic mass is 10.3. The van der Waals surface area contributed by atoms with Crippen LogP contribution in [-0.2, 0) is 7.05 Å². The molecule has 1 heterocycles. The molecule has 1 aromatic heterocycles. The minimum absolute atomic E-state index is 0.441. The Morgan fingerprint density at radius 2 is 2.64 bits per heavy atom. The van der Waals surface area contributed by atoms with Gasteiger partial charge in [-0.15, -0.1) is 0 Å². The van der Waals surface area contributed by atoms with Crippen LogP contribution in [0.3, 0.4) is 0 Å². The lowest BCUT2D eigenvalue weighted by Crippen LogP contribution is -1.77. The summed E-state index contributed by atoms with van der Waals surface area (Å²) < 4.78 is 1.87. The summed E-state index contributed by atoms with van der Waals surface area (Å²) >= 11 is 0. The number of aromatic nitrogens is 2. The smallest absolute Gasteiger partial charge is 0.0950 e. The van der Waals surface area contributed by atoms with Crippen molar-refractivity contribution in [1.82, 2.24) is 9.55 Å². The number of rotatable bonds is 2. The summed E-state index contributed by atoms with van der Waals surface area (Å²) in [6, 6.07) is 2.02. The minimum atomic E-state index is 0.441. The van der Waals surface area contributed by atoms with Gasteiger partial charge < -0.3 is 4.57 Å². The number of nitrogens with zero attached hydrogens (tertiary/aromatic N) is 3. The van der Waals surface area contributed by atoms with Gasteiger partial charge in [0, 0.05) is 13.2 Å². The standard InChI is InChI=1S/C8H9N3/c1-11-6-8(10-7-11)4-2-3-5-9/h2,4,6-7H,3H2,1H3. The molecule has 11 heavy (non-hydrogen) atoms. The third-order valence-corrected chi connectivity index (χ3v) is 1.22. The van der Waals surface area contributed by atoms with E-state index in [1.807, 2.05) is 30.0 Å². The van der Waals surface area contributed by atoms with Crippen LogP contribution in [-0.4, -0.2) is 9.55 Å². The van der Waals surface area contributed by atoms with Crippen molar-refractivity contribution < 1.29 is 0 Å². The van der Waals surface area contributed by atoms with Crippen molar-refractivity contribution in [1.29, 1.82) is 5.26 Å². The molecule has 0 saturated heterocycles. The van der Waals surface area contributed by atoms with Gasteiger partial charge in [0.1, 0.15) is 0 Å². The number of hydrogen-bond acceptors (Lipinski definition) is 2. The summed E-state index contributed by atoms with van der Waals surface area (Å²) in [4.78, 5) is 4.05. The van der Waals surface area contributed by atoms with Crippen LogP contribution in [0.5, 0.6) is 0 Å². The summed E-state index contributed by atoms with van der Waals surface area (Å²) in [5.74, 6) is 0. The Balaban J connectivity index is 2.58. The van der Waals surface area contributed by atoms with E-state index in [0.29, 0.717) is 6.42 Å². The molecule has 1 rings (SSSR count). The van der Waals surface area contributed by atoms with Crippen LogP contribution in [0, 0.1) is 11.3 Å². The molecule has 0 amide bonds. The first-order valence-corrected chi connectivity index (χ1v) is 3.34. The van der Waals surface area contributed by atoms with E-state index in [2.05, 4.69) is 4.98 Å². The average Bonchev–Trinajstić information content (AvgIpc) is 2.37. The Hall–Kier alpha value is -1.56. The molecule has 1 aromatic rings. The molecule has 0 saturated carbocycles. The molecular weight excluding hydrogens is 138 g/mol. The Labute approximate surface area is 65.6 Å². The molecule has 0 unspecified atom stereocenters. The van der Waals surface area contributed by atoms with Gasteiger partial charge in [-0.05, 0) is 6.08 Å². The molecule has 0 aliphatic rings. The molecule has 0 aliphatic carbocycles. The van der Waals surface area contributed by atoms with Gasteiger partial charge in [0.15, 0.2) is 0 Å². The van der Waals surface area contributed by atoms with Gasteiger partial charge in [-0.2, -0.15) is 5.26 Å². The lowest BCUT2D eigenvalue weighted by Gasteiger charge is -1.80. The third-order valence-electron chi connectivity index (χ3n) is 1.22. The Bertz CT molecular complexity index is 291. The average molecular weight is 147 g/mol. The van der Waals surface area contributed by atoms with Gasteiger partial charge in [0.25, 0.3) is 0 Å². The second kappa shape index (κ2) is 3.57. The van der Waals surface area contributed by atoms with E-state index in [4.69, 9.17) is 5.26 Å². The summed E-state index contributed by atoms with van der Waals surface area (Å²) in [5.41, 5.74) is 0.891. The van der Waals surface area contributed by atoms with E-state index in [1.54, 1.807) is 12.4 Å². The molecule has 0 aliphatic heterocycles. The first-order valence-electron chi connectivity index (χ1n) is 3.34. The van der Waals surface area contributed by atoms with Crippen molar-refractivity contribution in [2.75, 3.05) is 0 Å². The number of aryl methyl sites for hydroxylation is 1. The van der Waals surface area contributed by atoms with E-state index in [9.17, 15) is 0 Å². The maximum atomic E-state index is 8.22. The highest BCUT2D eigenvalue weighted by atomic mass is 15.0. The second-order valence-electron chi connectivity index (χ2n) is 2.23. The summed E-state index contributed by atoms with van der Waals surface area (Å²) in [6.45, 7) is 0. The van der Waals surface area contributed by atoms with E-state index >= 15 is 0 Å². The molecule has 0 bridgehead atoms. The third kappa shape index (κ3) is 2.26. The maximum absolute atomic E-state index is 8.22. The fourth-order valence-corrected chi connectivity index (χ4v) is 0.751. The van der Waals surface area contributed by atoms with Crippen LogP contribution in [0.2, 0.25) is 0 Å². The quantitative estimate of drug-likeness (QED) is 0.633. The maximum Gasteiger partial charge on any atom is 0.0950 e. The highest BCUT2D eigenvalue weighted by molar-refractivity contribution is 5.43. The zero-order chi connectivity index (χ0) is 8.10. The van der Waals surface area contributed by atoms with E-state index in [-0.39, 0.29) is 0 Å². The van der Waals surface area contributed by atoms with Gasteiger partial charge in [-0.1, -0.05) is 6.08 Å². The molecule has 0 aromatic carbocycles. The largest absolute Gasteiger partial charge is 0.340 e. The molecule has 0 atom stereocenters. The molecule has 0 spiro atoms. The Kier molecular flexibility index (Phi) is 2.45. The zero-order valence-corrected chi connectivity index (χ0v) is 6.36. The van der Waals surface area contributed by atoms with E-state index in [0.717, 1.165) is 5.69 Å². The molecule has 56 valence electrons. The van der Waals surface area contributed by atoms with Crippen molar-refractivity contribution >= 4 is 6.08 Å². The highest BCUT2D eigenvalue weighted by Gasteiger charge is 1.87. The summed E-state index contributed by atoms with van der Waals surface area (Å²) in [5, 5.41) is 8.22. The molecule has 0 N–H and O–H groups in total. The van der Waals surface area contributed by atoms with Crippen molar-refractivity contribution in [3.05, 3.63) is 24.3 Å². The predicted octanol–water partition coefficient (Wildman–Crippen LogP) is 1.35. The molecule has 3 nitrogen and oxygen atoms in total. The topological polar surface area (TPSA) is 41.6 Å². The monoisotopic (exact) mass is 147 g/mol. The summed E-state index contributed by atoms with van der Waals surface area (Å²) in [6.07, 6.45) is 7.70. The fraction of sp³-hybridized carbons (Fsp3) is 0.250. The normalized spacial score (nSPS) is 10.2. The lowest BCUT2D eigenvalue weighted by molar-refractivity contribution is 0.913. The first-order chi connectivity index (χ1) is 5.33. The number of allylic oxidation sites excluding steroid dienone is 1. The second-order valence-corrected chi connectivity index (χ2v) is 2.23. The van der Waals surface area contributed by atoms with Gasteiger partial charge in [0.05, 0.1) is 24.5 Å².